The summed E-state index contributed by atoms with van der Waals surface area (Å²) in [4.78, 5) is 19.5. The first-order chi connectivity index (χ1) is 15.6. The number of anilines is 2. The lowest BCUT2D eigenvalue weighted by Crippen LogP contribution is -2.33. The van der Waals surface area contributed by atoms with Crippen LogP contribution < -0.4 is 10.6 Å². The highest BCUT2D eigenvalue weighted by Gasteiger charge is 2.17. The number of alkyl carbamates (subject to hydrolysis) is 1. The zero-order chi connectivity index (χ0) is 23.8. The smallest absolute Gasteiger partial charge is 0.407 e. The van der Waals surface area contributed by atoms with Crippen LogP contribution >= 0.6 is 34.8 Å². The van der Waals surface area contributed by atoms with E-state index in [0.717, 1.165) is 33.1 Å². The Kier molecular flexibility index (Phi) is 6.61. The molecule has 2 aromatic carbocycles. The number of nitrogens with zero attached hydrogens (tertiary/aromatic N) is 1. The Morgan fingerprint density at radius 2 is 1.79 bits per heavy atom. The molecule has 4 aromatic rings. The summed E-state index contributed by atoms with van der Waals surface area (Å²) < 4.78 is 5.33. The summed E-state index contributed by atoms with van der Waals surface area (Å²) in [5, 5.41) is 9.59. The molecule has 0 radical (unpaired) electrons. The molecule has 0 unspecified atom stereocenters. The van der Waals surface area contributed by atoms with Gasteiger partial charge in [-0.2, -0.15) is 0 Å². The quantitative estimate of drug-likeness (QED) is 0.262. The van der Waals surface area contributed by atoms with Crippen LogP contribution in [0.15, 0.2) is 42.7 Å². The summed E-state index contributed by atoms with van der Waals surface area (Å²) in [5.41, 5.74) is 3.75. The molecular weight excluding hydrogens is 483 g/mol. The summed E-state index contributed by atoms with van der Waals surface area (Å²) >= 11 is 18.9. The fraction of sp³-hybridized carbons (Fsp3) is 0.250. The first-order valence-electron chi connectivity index (χ1n) is 10.4. The van der Waals surface area contributed by atoms with Crippen molar-refractivity contribution in [2.24, 2.45) is 0 Å². The predicted octanol–water partition coefficient (Wildman–Crippen LogP) is 7.49. The predicted molar refractivity (Wildman–Crippen MR) is 136 cm³/mol. The molecule has 2 heterocycles. The third-order valence-electron chi connectivity index (χ3n) is 4.94. The second kappa shape index (κ2) is 9.29. The van der Waals surface area contributed by atoms with Gasteiger partial charge in [0.2, 0.25) is 0 Å². The molecule has 3 N–H and O–H groups in total. The summed E-state index contributed by atoms with van der Waals surface area (Å²) in [6.45, 7) is 5.89. The first kappa shape index (κ1) is 23.5. The Balaban J connectivity index is 1.71. The number of aromatic nitrogens is 2. The van der Waals surface area contributed by atoms with Gasteiger partial charge >= 0.3 is 6.09 Å². The van der Waals surface area contributed by atoms with Gasteiger partial charge in [-0.05, 0) is 63.1 Å². The van der Waals surface area contributed by atoms with Crippen LogP contribution in [0.1, 0.15) is 26.3 Å². The van der Waals surface area contributed by atoms with E-state index in [1.165, 1.54) is 12.4 Å². The van der Waals surface area contributed by atoms with E-state index in [1.54, 1.807) is 0 Å². The zero-order valence-electron chi connectivity index (χ0n) is 18.4. The van der Waals surface area contributed by atoms with Crippen LogP contribution in [0.2, 0.25) is 15.1 Å². The Labute approximate surface area is 206 Å². The van der Waals surface area contributed by atoms with Crippen LogP contribution in [0, 0.1) is 0 Å². The number of carbonyl (C=O) groups is 1. The third kappa shape index (κ3) is 5.46. The largest absolute Gasteiger partial charge is 0.444 e. The second-order valence-electron chi connectivity index (χ2n) is 8.65. The Hall–Kier alpha value is -2.67. The number of hydrogen-bond acceptors (Lipinski definition) is 4. The number of fused-ring (bicyclic) bond motifs is 3. The number of H-pyrrole nitrogens is 1. The zero-order valence-corrected chi connectivity index (χ0v) is 20.6. The molecule has 33 heavy (non-hydrogen) atoms. The fourth-order valence-corrected chi connectivity index (χ4v) is 4.23. The highest BCUT2D eigenvalue weighted by Crippen LogP contribution is 2.36. The van der Waals surface area contributed by atoms with E-state index in [4.69, 9.17) is 39.5 Å². The van der Waals surface area contributed by atoms with Crippen molar-refractivity contribution in [3.63, 3.8) is 0 Å². The number of hydrogen-bond donors (Lipinski definition) is 3. The first-order valence-corrected chi connectivity index (χ1v) is 11.5. The van der Waals surface area contributed by atoms with Crippen molar-refractivity contribution in [1.82, 2.24) is 15.3 Å². The number of carbonyl (C=O) groups excluding carboxylic acids is 1. The van der Waals surface area contributed by atoms with E-state index in [-0.39, 0.29) is 0 Å². The third-order valence-corrected chi connectivity index (χ3v) is 5.75. The number of pyridine rings is 1. The van der Waals surface area contributed by atoms with Gasteiger partial charge in [-0.25, -0.2) is 4.79 Å². The van der Waals surface area contributed by atoms with Gasteiger partial charge in [0.1, 0.15) is 5.60 Å². The van der Waals surface area contributed by atoms with Gasteiger partial charge in [0.05, 0.1) is 15.7 Å². The standard InChI is InChI=1S/C24H23Cl3N4O2/c1-24(2,3)33-23(32)29-7-6-13-8-15(30-22-18(26)11-28-12-19(22)27)10-17-16-9-14(25)4-5-20(16)31-21(13)17/h4-5,8-12,31H,6-7H2,1-3H3,(H,28,30)(H,29,32). The lowest BCUT2D eigenvalue weighted by Gasteiger charge is -2.19. The Morgan fingerprint density at radius 3 is 2.48 bits per heavy atom. The molecule has 6 nitrogen and oxygen atoms in total. The Morgan fingerprint density at radius 1 is 1.06 bits per heavy atom. The normalized spacial score (nSPS) is 11.7. The number of amides is 1. The van der Waals surface area contributed by atoms with Crippen molar-refractivity contribution >= 4 is 74.1 Å². The minimum Gasteiger partial charge on any atom is -0.444 e. The highest BCUT2D eigenvalue weighted by atomic mass is 35.5. The van der Waals surface area contributed by atoms with E-state index in [0.29, 0.717) is 33.7 Å². The van der Waals surface area contributed by atoms with Crippen LogP contribution in [0.25, 0.3) is 21.8 Å². The van der Waals surface area contributed by atoms with Crippen molar-refractivity contribution in [2.45, 2.75) is 32.8 Å². The van der Waals surface area contributed by atoms with Gasteiger partial charge < -0.3 is 20.4 Å². The van der Waals surface area contributed by atoms with E-state index in [2.05, 4.69) is 20.6 Å². The summed E-state index contributed by atoms with van der Waals surface area (Å²) in [6.07, 6.45) is 3.19. The van der Waals surface area contributed by atoms with E-state index >= 15 is 0 Å². The maximum absolute atomic E-state index is 12.1. The van der Waals surface area contributed by atoms with E-state index < -0.39 is 11.7 Å². The molecule has 0 fully saturated rings. The SMILES string of the molecule is CC(C)(C)OC(=O)NCCc1cc(Nc2c(Cl)cncc2Cl)cc2c1[nH]c1ccc(Cl)cc12. The molecule has 0 bridgehead atoms. The summed E-state index contributed by atoms with van der Waals surface area (Å²) in [6, 6.07) is 9.74. The van der Waals surface area contributed by atoms with Crippen molar-refractivity contribution in [2.75, 3.05) is 11.9 Å². The highest BCUT2D eigenvalue weighted by molar-refractivity contribution is 6.39. The topological polar surface area (TPSA) is 79.0 Å². The number of benzene rings is 2. The van der Waals surface area contributed by atoms with Crippen molar-refractivity contribution < 1.29 is 9.53 Å². The molecule has 9 heteroatoms. The molecule has 0 aliphatic heterocycles. The van der Waals surface area contributed by atoms with E-state index in [1.807, 2.05) is 51.1 Å². The van der Waals surface area contributed by atoms with Crippen LogP contribution in [0.4, 0.5) is 16.2 Å². The second-order valence-corrected chi connectivity index (χ2v) is 9.91. The molecule has 4 rings (SSSR count). The maximum atomic E-state index is 12.1. The molecule has 1 amide bonds. The van der Waals surface area contributed by atoms with Crippen molar-refractivity contribution in [3.05, 3.63) is 63.4 Å². The lowest BCUT2D eigenvalue weighted by atomic mass is 10.0. The number of halogens is 3. The van der Waals surface area contributed by atoms with Crippen LogP contribution in [-0.4, -0.2) is 28.2 Å². The van der Waals surface area contributed by atoms with Gasteiger partial charge in [-0.15, -0.1) is 0 Å². The molecule has 0 saturated heterocycles. The average Bonchev–Trinajstić information content (AvgIpc) is 3.07. The molecule has 0 aliphatic rings. The van der Waals surface area contributed by atoms with E-state index in [9.17, 15) is 4.79 Å². The molecule has 0 saturated carbocycles. The van der Waals surface area contributed by atoms with Crippen LogP contribution in [-0.2, 0) is 11.2 Å². The van der Waals surface area contributed by atoms with Crippen molar-refractivity contribution in [3.8, 4) is 0 Å². The molecule has 0 aliphatic carbocycles. The minimum absolute atomic E-state index is 0.403. The van der Waals surface area contributed by atoms with Gasteiger partial charge in [0.15, 0.2) is 0 Å². The molecule has 2 aromatic heterocycles. The maximum Gasteiger partial charge on any atom is 0.407 e. The molecular formula is C24H23Cl3N4O2. The summed E-state index contributed by atoms with van der Waals surface area (Å²) in [5.74, 6) is 0. The van der Waals surface area contributed by atoms with Crippen LogP contribution in [0.3, 0.4) is 0 Å². The summed E-state index contributed by atoms with van der Waals surface area (Å²) in [7, 11) is 0. The lowest BCUT2D eigenvalue weighted by molar-refractivity contribution is 0.0528. The van der Waals surface area contributed by atoms with Gasteiger partial charge in [0.25, 0.3) is 0 Å². The van der Waals surface area contributed by atoms with Gasteiger partial charge in [-0.3, -0.25) is 4.98 Å². The Bertz CT molecular complexity index is 1330. The number of rotatable bonds is 5. The van der Waals surface area contributed by atoms with Crippen molar-refractivity contribution in [1.29, 1.82) is 0 Å². The van der Waals surface area contributed by atoms with Gasteiger partial charge in [0, 0.05) is 51.5 Å². The van der Waals surface area contributed by atoms with Gasteiger partial charge in [-0.1, -0.05) is 34.8 Å². The number of nitrogens with one attached hydrogen (secondary N) is 3. The minimum atomic E-state index is -0.555. The van der Waals surface area contributed by atoms with Crippen LogP contribution in [0.5, 0.6) is 0 Å². The molecule has 0 spiro atoms. The number of ether oxygens (including phenoxy) is 1. The number of aromatic amines is 1. The molecule has 172 valence electrons. The fourth-order valence-electron chi connectivity index (χ4n) is 3.60. The molecule has 0 atom stereocenters. The monoisotopic (exact) mass is 504 g/mol. The average molecular weight is 506 g/mol.